The van der Waals surface area contributed by atoms with Crippen LogP contribution in [0.15, 0.2) is 18.2 Å². The zero-order valence-electron chi connectivity index (χ0n) is 7.71. The molecule has 1 heterocycles. The predicted molar refractivity (Wildman–Crippen MR) is 52.7 cm³/mol. The number of hydrogen-bond donors (Lipinski definition) is 0. The molecule has 0 unspecified atom stereocenters. The van der Waals surface area contributed by atoms with Gasteiger partial charge in [0.25, 0.3) is 0 Å². The highest BCUT2D eigenvalue weighted by Gasteiger charge is 2.10. The molecule has 1 aromatic rings. The average molecular weight is 183 g/mol. The number of ether oxygens (including phenoxy) is 1. The van der Waals surface area contributed by atoms with Gasteiger partial charge in [-0.2, -0.15) is 5.26 Å². The summed E-state index contributed by atoms with van der Waals surface area (Å²) < 4.78 is 5.38. The first-order valence-electron chi connectivity index (χ1n) is 4.52. The van der Waals surface area contributed by atoms with Crippen LogP contribution in [0.2, 0.25) is 0 Å². The van der Waals surface area contributed by atoms with Crippen LogP contribution in [-0.2, 0) is 6.42 Å². The standard InChI is InChI=1S/C12H9NO/c13-7-2-1-3-10-4-5-12-11(9-10)6-8-14-12/h4-5,9H,2,6,8H2. The van der Waals surface area contributed by atoms with E-state index in [1.165, 1.54) is 5.56 Å². The van der Waals surface area contributed by atoms with E-state index in [1.54, 1.807) is 0 Å². The van der Waals surface area contributed by atoms with Crippen molar-refractivity contribution in [2.24, 2.45) is 0 Å². The molecule has 2 rings (SSSR count). The maximum Gasteiger partial charge on any atom is 0.122 e. The fourth-order valence-corrected chi connectivity index (χ4v) is 1.45. The van der Waals surface area contributed by atoms with Crippen molar-refractivity contribution < 1.29 is 4.74 Å². The number of rotatable bonds is 0. The third kappa shape index (κ3) is 1.70. The summed E-state index contributed by atoms with van der Waals surface area (Å²) in [6.07, 6.45) is 1.25. The van der Waals surface area contributed by atoms with Gasteiger partial charge >= 0.3 is 0 Å². The van der Waals surface area contributed by atoms with E-state index >= 15 is 0 Å². The summed E-state index contributed by atoms with van der Waals surface area (Å²) in [5, 5.41) is 8.33. The molecule has 14 heavy (non-hydrogen) atoms. The van der Waals surface area contributed by atoms with Crippen LogP contribution in [-0.4, -0.2) is 6.61 Å². The lowest BCUT2D eigenvalue weighted by Gasteiger charge is -1.97. The molecule has 0 N–H and O–H groups in total. The molecular weight excluding hydrogens is 174 g/mol. The van der Waals surface area contributed by atoms with Crippen molar-refractivity contribution in [3.8, 4) is 23.7 Å². The Morgan fingerprint density at radius 1 is 1.43 bits per heavy atom. The van der Waals surface area contributed by atoms with E-state index in [4.69, 9.17) is 10.00 Å². The SMILES string of the molecule is N#CCC#Cc1ccc2c(c1)CCO2. The monoisotopic (exact) mass is 183 g/mol. The van der Waals surface area contributed by atoms with Crippen LogP contribution < -0.4 is 4.74 Å². The molecule has 0 aromatic heterocycles. The molecule has 0 saturated heterocycles. The molecule has 2 nitrogen and oxygen atoms in total. The number of hydrogen-bond acceptors (Lipinski definition) is 2. The first-order chi connectivity index (χ1) is 6.90. The summed E-state index contributed by atoms with van der Waals surface area (Å²) in [4.78, 5) is 0. The fraction of sp³-hybridized carbons (Fsp3) is 0.250. The highest BCUT2D eigenvalue weighted by atomic mass is 16.5. The second-order valence-electron chi connectivity index (χ2n) is 3.06. The number of fused-ring (bicyclic) bond motifs is 1. The van der Waals surface area contributed by atoms with E-state index in [1.807, 2.05) is 24.3 Å². The molecule has 0 atom stereocenters. The van der Waals surface area contributed by atoms with Gasteiger partial charge in [0.05, 0.1) is 19.1 Å². The van der Waals surface area contributed by atoms with Gasteiger partial charge in [0, 0.05) is 12.0 Å². The molecule has 0 aliphatic carbocycles. The summed E-state index contributed by atoms with van der Waals surface area (Å²) >= 11 is 0. The normalized spacial score (nSPS) is 11.9. The summed E-state index contributed by atoms with van der Waals surface area (Å²) in [7, 11) is 0. The van der Waals surface area contributed by atoms with Crippen molar-refractivity contribution >= 4 is 0 Å². The lowest BCUT2D eigenvalue weighted by atomic mass is 10.1. The second-order valence-corrected chi connectivity index (χ2v) is 3.06. The molecule has 1 aliphatic heterocycles. The van der Waals surface area contributed by atoms with E-state index in [0.717, 1.165) is 24.3 Å². The van der Waals surface area contributed by atoms with Crippen LogP contribution >= 0.6 is 0 Å². The van der Waals surface area contributed by atoms with Gasteiger partial charge in [-0.15, -0.1) is 0 Å². The van der Waals surface area contributed by atoms with Gasteiger partial charge in [0.2, 0.25) is 0 Å². The van der Waals surface area contributed by atoms with E-state index in [9.17, 15) is 0 Å². The van der Waals surface area contributed by atoms with Gasteiger partial charge in [0.15, 0.2) is 0 Å². The minimum atomic E-state index is 0.285. The summed E-state index contributed by atoms with van der Waals surface area (Å²) in [5.41, 5.74) is 2.18. The highest BCUT2D eigenvalue weighted by Crippen LogP contribution is 2.25. The van der Waals surface area contributed by atoms with Gasteiger partial charge in [0.1, 0.15) is 5.75 Å². The minimum Gasteiger partial charge on any atom is -0.493 e. The predicted octanol–water partition coefficient (Wildman–Crippen LogP) is 1.89. The molecule has 1 aromatic carbocycles. The Bertz CT molecular complexity index is 446. The fourth-order valence-electron chi connectivity index (χ4n) is 1.45. The summed E-state index contributed by atoms with van der Waals surface area (Å²) in [6.45, 7) is 0.768. The molecule has 0 bridgehead atoms. The van der Waals surface area contributed by atoms with E-state index < -0.39 is 0 Å². The molecule has 0 spiro atoms. The Kier molecular flexibility index (Phi) is 2.38. The summed E-state index contributed by atoms with van der Waals surface area (Å²) in [6, 6.07) is 7.89. The Labute approximate surface area is 83.1 Å². The van der Waals surface area contributed by atoms with Gasteiger partial charge in [-0.3, -0.25) is 0 Å². The van der Waals surface area contributed by atoms with Crippen LogP contribution in [0.25, 0.3) is 0 Å². The van der Waals surface area contributed by atoms with Crippen molar-refractivity contribution in [1.29, 1.82) is 5.26 Å². The molecule has 0 radical (unpaired) electrons. The molecule has 2 heteroatoms. The molecule has 0 amide bonds. The minimum absolute atomic E-state index is 0.285. The second kappa shape index (κ2) is 3.85. The lowest BCUT2D eigenvalue weighted by molar-refractivity contribution is 0.357. The van der Waals surface area contributed by atoms with Crippen molar-refractivity contribution in [1.82, 2.24) is 0 Å². The first kappa shape index (κ1) is 8.66. The van der Waals surface area contributed by atoms with E-state index in [2.05, 4.69) is 11.8 Å². The van der Waals surface area contributed by atoms with Crippen molar-refractivity contribution in [2.75, 3.05) is 6.61 Å². The maximum atomic E-state index is 8.33. The van der Waals surface area contributed by atoms with Gasteiger partial charge in [-0.25, -0.2) is 0 Å². The quantitative estimate of drug-likeness (QED) is 0.575. The Morgan fingerprint density at radius 2 is 2.36 bits per heavy atom. The maximum absolute atomic E-state index is 8.33. The zero-order valence-corrected chi connectivity index (χ0v) is 7.71. The number of benzene rings is 1. The number of nitriles is 1. The van der Waals surface area contributed by atoms with Crippen LogP contribution in [0.4, 0.5) is 0 Å². The zero-order chi connectivity index (χ0) is 9.80. The van der Waals surface area contributed by atoms with Crippen molar-refractivity contribution in [2.45, 2.75) is 12.8 Å². The van der Waals surface area contributed by atoms with E-state index in [0.29, 0.717) is 0 Å². The topological polar surface area (TPSA) is 33.0 Å². The third-order valence-electron chi connectivity index (χ3n) is 2.09. The van der Waals surface area contributed by atoms with Gasteiger partial charge in [-0.1, -0.05) is 11.8 Å². The van der Waals surface area contributed by atoms with Crippen molar-refractivity contribution in [3.05, 3.63) is 29.3 Å². The Hall–Kier alpha value is -1.93. The molecule has 1 aliphatic rings. The average Bonchev–Trinajstić information content (AvgIpc) is 2.65. The summed E-state index contributed by atoms with van der Waals surface area (Å²) in [5.74, 6) is 6.71. The van der Waals surface area contributed by atoms with Crippen LogP contribution in [0.3, 0.4) is 0 Å². The number of nitrogens with zero attached hydrogens (tertiary/aromatic N) is 1. The largest absolute Gasteiger partial charge is 0.493 e. The lowest BCUT2D eigenvalue weighted by Crippen LogP contribution is -1.85. The van der Waals surface area contributed by atoms with E-state index in [-0.39, 0.29) is 6.42 Å². The Morgan fingerprint density at radius 3 is 3.21 bits per heavy atom. The molecule has 0 fully saturated rings. The molecular formula is C12H9NO. The van der Waals surface area contributed by atoms with Crippen LogP contribution in [0.5, 0.6) is 5.75 Å². The Balaban J connectivity index is 2.23. The van der Waals surface area contributed by atoms with Gasteiger partial charge < -0.3 is 4.74 Å². The first-order valence-corrected chi connectivity index (χ1v) is 4.52. The molecule has 68 valence electrons. The van der Waals surface area contributed by atoms with Crippen LogP contribution in [0, 0.1) is 23.2 Å². The highest BCUT2D eigenvalue weighted by molar-refractivity contribution is 5.45. The third-order valence-corrected chi connectivity index (χ3v) is 2.09. The van der Waals surface area contributed by atoms with Crippen LogP contribution in [0.1, 0.15) is 17.5 Å². The smallest absolute Gasteiger partial charge is 0.122 e. The van der Waals surface area contributed by atoms with Gasteiger partial charge in [-0.05, 0) is 23.8 Å². The molecule has 0 saturated carbocycles. The van der Waals surface area contributed by atoms with Crippen molar-refractivity contribution in [3.63, 3.8) is 0 Å².